The van der Waals surface area contributed by atoms with Crippen molar-refractivity contribution in [2.24, 2.45) is 29.1 Å². The summed E-state index contributed by atoms with van der Waals surface area (Å²) in [4.78, 5) is 2.44. The number of phenolic OH excluding ortho intramolecular Hbond substituents is 1. The Morgan fingerprint density at radius 3 is 2.70 bits per heavy atom. The molecule has 2 saturated carbocycles. The van der Waals surface area contributed by atoms with Crippen molar-refractivity contribution < 1.29 is 9.84 Å². The molecular formula is C27H43NO2. The van der Waals surface area contributed by atoms with Gasteiger partial charge in [-0.3, -0.25) is 0 Å². The number of fused-ring (bicyclic) bond motifs is 5. The Kier molecular flexibility index (Phi) is 6.79. The minimum Gasteiger partial charge on any atom is -0.508 e. The average Bonchev–Trinajstić information content (AvgIpc) is 3.06. The minimum absolute atomic E-state index is 0.432. The fourth-order valence-electron chi connectivity index (χ4n) is 7.61. The topological polar surface area (TPSA) is 32.7 Å². The lowest BCUT2D eigenvalue weighted by molar-refractivity contribution is -0.00512. The number of aromatic hydroxyl groups is 1. The van der Waals surface area contributed by atoms with Crippen molar-refractivity contribution in [2.75, 3.05) is 32.8 Å². The van der Waals surface area contributed by atoms with E-state index < -0.39 is 0 Å². The number of likely N-dealkylation sites (N-methyl/N-ethyl adjacent to an activating group) is 1. The van der Waals surface area contributed by atoms with E-state index in [-0.39, 0.29) is 0 Å². The molecule has 3 unspecified atom stereocenters. The van der Waals surface area contributed by atoms with Crippen LogP contribution in [0.15, 0.2) is 18.2 Å². The van der Waals surface area contributed by atoms with E-state index in [1.54, 1.807) is 5.56 Å². The molecule has 0 bridgehead atoms. The highest BCUT2D eigenvalue weighted by atomic mass is 16.5. The van der Waals surface area contributed by atoms with E-state index >= 15 is 0 Å². The number of nitrogens with zero attached hydrogens (tertiary/aromatic N) is 1. The molecule has 1 aromatic rings. The highest BCUT2D eigenvalue weighted by molar-refractivity contribution is 5.40. The maximum Gasteiger partial charge on any atom is 0.115 e. The minimum atomic E-state index is 0.432. The highest BCUT2D eigenvalue weighted by Gasteiger charge is 2.55. The third kappa shape index (κ3) is 4.05. The summed E-state index contributed by atoms with van der Waals surface area (Å²) in [5.41, 5.74) is 3.44. The average molecular weight is 414 g/mol. The van der Waals surface area contributed by atoms with Crippen LogP contribution >= 0.6 is 0 Å². The van der Waals surface area contributed by atoms with E-state index in [0.29, 0.717) is 17.1 Å². The molecule has 4 rings (SSSR count). The zero-order chi connectivity index (χ0) is 21.3. The molecule has 0 saturated heterocycles. The third-order valence-electron chi connectivity index (χ3n) is 9.31. The largest absolute Gasteiger partial charge is 0.508 e. The van der Waals surface area contributed by atoms with E-state index in [2.05, 4.69) is 38.7 Å². The van der Waals surface area contributed by atoms with Gasteiger partial charge in [-0.15, -0.1) is 0 Å². The van der Waals surface area contributed by atoms with Crippen molar-refractivity contribution >= 4 is 0 Å². The van der Waals surface area contributed by atoms with Gasteiger partial charge in [0.05, 0.1) is 6.61 Å². The Hall–Kier alpha value is -1.06. The number of hydrogen-bond donors (Lipinski definition) is 1. The van der Waals surface area contributed by atoms with Gasteiger partial charge in [-0.05, 0) is 110 Å². The van der Waals surface area contributed by atoms with Crippen LogP contribution in [0.25, 0.3) is 0 Å². The summed E-state index contributed by atoms with van der Waals surface area (Å²) in [5, 5.41) is 9.96. The molecule has 30 heavy (non-hydrogen) atoms. The molecule has 1 aromatic carbocycles. The summed E-state index contributed by atoms with van der Waals surface area (Å²) in [6.45, 7) is 14.6. The Balaban J connectivity index is 1.38. The van der Waals surface area contributed by atoms with Crippen molar-refractivity contribution in [2.45, 2.75) is 72.1 Å². The second-order valence-corrected chi connectivity index (χ2v) is 10.6. The molecule has 3 nitrogen and oxygen atoms in total. The van der Waals surface area contributed by atoms with E-state index in [9.17, 15) is 5.11 Å². The van der Waals surface area contributed by atoms with Crippen molar-refractivity contribution in [3.63, 3.8) is 0 Å². The molecule has 0 radical (unpaired) electrons. The SMILES string of the molecule is CCN(CC)CCOCC[C@H]1CCC2C3C(CC[C@@]21C)c1ccc(O)cc1C[C@H]3C. The molecule has 3 heteroatoms. The van der Waals surface area contributed by atoms with E-state index in [1.807, 2.05) is 12.1 Å². The molecule has 0 aromatic heterocycles. The summed E-state index contributed by atoms with van der Waals surface area (Å²) in [6, 6.07) is 6.17. The first-order chi connectivity index (χ1) is 14.5. The number of benzene rings is 1. The number of rotatable bonds is 8. The molecule has 3 aliphatic carbocycles. The van der Waals surface area contributed by atoms with E-state index in [1.165, 1.54) is 37.7 Å². The van der Waals surface area contributed by atoms with Gasteiger partial charge in [-0.1, -0.05) is 33.8 Å². The van der Waals surface area contributed by atoms with Gasteiger partial charge >= 0.3 is 0 Å². The predicted molar refractivity (Wildman–Crippen MR) is 124 cm³/mol. The molecule has 3 aliphatic rings. The lowest BCUT2D eigenvalue weighted by Gasteiger charge is -2.53. The fraction of sp³-hybridized carbons (Fsp3) is 0.778. The molecule has 1 N–H and O–H groups in total. The number of phenols is 1. The molecule has 0 aliphatic heterocycles. The van der Waals surface area contributed by atoms with Crippen molar-refractivity contribution in [3.8, 4) is 5.75 Å². The maximum atomic E-state index is 9.96. The van der Waals surface area contributed by atoms with Crippen LogP contribution in [0.2, 0.25) is 0 Å². The zero-order valence-electron chi connectivity index (χ0n) is 19.7. The van der Waals surface area contributed by atoms with Crippen LogP contribution in [-0.2, 0) is 11.2 Å². The van der Waals surface area contributed by atoms with Gasteiger partial charge in [0, 0.05) is 13.2 Å². The normalized spacial score (nSPS) is 35.2. The Bertz CT molecular complexity index is 715. The molecule has 168 valence electrons. The van der Waals surface area contributed by atoms with Crippen molar-refractivity contribution in [3.05, 3.63) is 29.3 Å². The van der Waals surface area contributed by atoms with Crippen LogP contribution in [0.3, 0.4) is 0 Å². The van der Waals surface area contributed by atoms with Gasteiger partial charge in [0.1, 0.15) is 5.75 Å². The summed E-state index contributed by atoms with van der Waals surface area (Å²) in [5.74, 6) is 4.35. The quantitative estimate of drug-likeness (QED) is 0.542. The standard InChI is InChI=1S/C27H43NO2/c1-5-28(6-2)14-16-30-15-12-21-7-10-25-26-19(3)17-20-18-22(29)8-9-23(20)24(26)11-13-27(21,25)4/h8-9,18-19,21,24-26,29H,5-7,10-17H2,1-4H3/t19-,21-,24?,25?,26?,27-/m1/s1. The summed E-state index contributed by atoms with van der Waals surface area (Å²) in [6.07, 6.45) is 7.84. The second kappa shape index (κ2) is 9.20. The monoisotopic (exact) mass is 413 g/mol. The molecule has 0 amide bonds. The van der Waals surface area contributed by atoms with Crippen LogP contribution < -0.4 is 0 Å². The number of hydrogen-bond acceptors (Lipinski definition) is 3. The first-order valence-electron chi connectivity index (χ1n) is 12.6. The van der Waals surface area contributed by atoms with Gasteiger partial charge in [0.2, 0.25) is 0 Å². The lowest BCUT2D eigenvalue weighted by Crippen LogP contribution is -2.45. The summed E-state index contributed by atoms with van der Waals surface area (Å²) < 4.78 is 6.07. The molecule has 0 heterocycles. The smallest absolute Gasteiger partial charge is 0.115 e. The first kappa shape index (κ1) is 22.1. The third-order valence-corrected chi connectivity index (χ3v) is 9.31. The Morgan fingerprint density at radius 2 is 1.93 bits per heavy atom. The van der Waals surface area contributed by atoms with Crippen LogP contribution in [0, 0.1) is 29.1 Å². The van der Waals surface area contributed by atoms with E-state index in [4.69, 9.17) is 4.74 Å². The molecule has 6 atom stereocenters. The summed E-state index contributed by atoms with van der Waals surface area (Å²) in [7, 11) is 0. The zero-order valence-corrected chi connectivity index (χ0v) is 19.7. The second-order valence-electron chi connectivity index (χ2n) is 10.6. The maximum absolute atomic E-state index is 9.96. The van der Waals surface area contributed by atoms with Gasteiger partial charge in [0.15, 0.2) is 0 Å². The van der Waals surface area contributed by atoms with Gasteiger partial charge in [-0.2, -0.15) is 0 Å². The molecule has 2 fully saturated rings. The van der Waals surface area contributed by atoms with Crippen LogP contribution in [0.1, 0.15) is 76.8 Å². The first-order valence-corrected chi connectivity index (χ1v) is 12.6. The predicted octanol–water partition coefficient (Wildman–Crippen LogP) is 5.86. The van der Waals surface area contributed by atoms with Gasteiger partial charge in [0.25, 0.3) is 0 Å². The van der Waals surface area contributed by atoms with E-state index in [0.717, 1.165) is 62.9 Å². The highest BCUT2D eigenvalue weighted by Crippen LogP contribution is 2.64. The lowest BCUT2D eigenvalue weighted by atomic mass is 9.51. The van der Waals surface area contributed by atoms with Gasteiger partial charge in [-0.25, -0.2) is 0 Å². The van der Waals surface area contributed by atoms with Crippen LogP contribution in [0.4, 0.5) is 0 Å². The Morgan fingerprint density at radius 1 is 1.13 bits per heavy atom. The van der Waals surface area contributed by atoms with Crippen molar-refractivity contribution in [1.82, 2.24) is 4.90 Å². The van der Waals surface area contributed by atoms with Crippen molar-refractivity contribution in [1.29, 1.82) is 0 Å². The van der Waals surface area contributed by atoms with Gasteiger partial charge < -0.3 is 14.7 Å². The molecule has 0 spiro atoms. The number of ether oxygens (including phenoxy) is 1. The van der Waals surface area contributed by atoms with Crippen LogP contribution in [0.5, 0.6) is 5.75 Å². The Labute approximate surface area is 184 Å². The summed E-state index contributed by atoms with van der Waals surface area (Å²) >= 11 is 0. The molecular weight excluding hydrogens is 370 g/mol. The van der Waals surface area contributed by atoms with Crippen LogP contribution in [-0.4, -0.2) is 42.9 Å². The fourth-order valence-corrected chi connectivity index (χ4v) is 7.61.